The van der Waals surface area contributed by atoms with Crippen LogP contribution >= 0.6 is 0 Å². The van der Waals surface area contributed by atoms with Crippen molar-refractivity contribution in [3.05, 3.63) is 11.6 Å². The maximum Gasteiger partial charge on any atom is 0.157 e. The Hall–Kier alpha value is -0.820. The number of rotatable bonds is 3. The molecule has 0 spiro atoms. The molecular weight excluding hydrogens is 396 g/mol. The maximum absolute atomic E-state index is 11.2. The van der Waals surface area contributed by atoms with Crippen LogP contribution in [-0.2, 0) is 9.47 Å². The molecule has 0 amide bonds. The molecule has 178 valence electrons. The van der Waals surface area contributed by atoms with Gasteiger partial charge in [0, 0.05) is 12.5 Å². The lowest BCUT2D eigenvalue weighted by atomic mass is 9.47. The zero-order valence-corrected chi connectivity index (χ0v) is 20.8. The molecule has 4 fully saturated rings. The minimum atomic E-state index is -0.860. The lowest BCUT2D eigenvalue weighted by Gasteiger charge is -2.58. The Morgan fingerprint density at radius 1 is 1.09 bits per heavy atom. The first-order chi connectivity index (χ1) is 15.3. The van der Waals surface area contributed by atoms with Gasteiger partial charge in [0.25, 0.3) is 0 Å². The molecule has 1 aliphatic heterocycles. The van der Waals surface area contributed by atoms with Gasteiger partial charge in [-0.25, -0.2) is 0 Å². The summed E-state index contributed by atoms with van der Waals surface area (Å²) in [6, 6.07) is 0. The molecule has 5 rings (SSSR count). The van der Waals surface area contributed by atoms with Gasteiger partial charge in [0.15, 0.2) is 6.29 Å². The van der Waals surface area contributed by atoms with Crippen molar-refractivity contribution in [3.63, 3.8) is 0 Å². The molecule has 0 aromatic carbocycles. The number of allylic oxidation sites excluding steroid dienone is 1. The van der Waals surface area contributed by atoms with E-state index in [9.17, 15) is 5.11 Å². The second-order valence-electron chi connectivity index (χ2n) is 12.3. The molecule has 2 unspecified atom stereocenters. The fourth-order valence-corrected chi connectivity index (χ4v) is 9.04. The number of fused-ring (bicyclic) bond motifs is 5. The molecule has 3 saturated carbocycles. The van der Waals surface area contributed by atoms with Crippen LogP contribution in [0.2, 0.25) is 0 Å². The van der Waals surface area contributed by atoms with Crippen LogP contribution in [0.4, 0.5) is 0 Å². The summed E-state index contributed by atoms with van der Waals surface area (Å²) in [7, 11) is 0. The molecule has 3 nitrogen and oxygen atoms in total. The van der Waals surface area contributed by atoms with Crippen molar-refractivity contribution in [3.8, 4) is 11.8 Å². The largest absolute Gasteiger partial charge is 0.378 e. The van der Waals surface area contributed by atoms with Gasteiger partial charge in [0.2, 0.25) is 0 Å². The van der Waals surface area contributed by atoms with Crippen LogP contribution in [0.15, 0.2) is 11.6 Å². The first kappa shape index (κ1) is 22.9. The van der Waals surface area contributed by atoms with E-state index in [4.69, 9.17) is 9.47 Å². The van der Waals surface area contributed by atoms with Crippen LogP contribution in [0.25, 0.3) is 0 Å². The van der Waals surface area contributed by atoms with Crippen molar-refractivity contribution < 1.29 is 14.6 Å². The summed E-state index contributed by atoms with van der Waals surface area (Å²) in [4.78, 5) is 0. The lowest BCUT2D eigenvalue weighted by molar-refractivity contribution is -0.195. The van der Waals surface area contributed by atoms with Gasteiger partial charge in [0.05, 0.1) is 6.10 Å². The molecule has 1 heterocycles. The van der Waals surface area contributed by atoms with Gasteiger partial charge < -0.3 is 14.6 Å². The standard InChI is InChI=1S/C29H44O3/c1-5-15-29(4,30)25-12-11-23-22-10-9-20-19-21(32-26-8-6-7-18-31-26)13-16-27(20,2)24(22)14-17-28(23,25)3/h9,21-26,30H,6-8,10-14,16-19H2,1-4H3/t21-,22-,23-,24-,25-,26?,27-,28-,29?/m0/s1. The summed E-state index contributed by atoms with van der Waals surface area (Å²) in [5.74, 6) is 8.72. The Labute approximate surface area is 195 Å². The van der Waals surface area contributed by atoms with Crippen molar-refractivity contribution in [2.45, 2.75) is 116 Å². The second kappa shape index (κ2) is 8.44. The summed E-state index contributed by atoms with van der Waals surface area (Å²) in [5.41, 5.74) is 1.37. The molecule has 1 saturated heterocycles. The highest BCUT2D eigenvalue weighted by Crippen LogP contribution is 2.67. The molecule has 1 N–H and O–H groups in total. The highest BCUT2D eigenvalue weighted by atomic mass is 16.7. The van der Waals surface area contributed by atoms with Gasteiger partial charge >= 0.3 is 0 Å². The van der Waals surface area contributed by atoms with E-state index < -0.39 is 5.60 Å². The van der Waals surface area contributed by atoms with E-state index in [-0.39, 0.29) is 11.7 Å². The molecule has 0 radical (unpaired) electrons. The van der Waals surface area contributed by atoms with E-state index in [1.807, 2.05) is 13.8 Å². The fraction of sp³-hybridized carbons (Fsp3) is 0.862. The highest BCUT2D eigenvalue weighted by Gasteiger charge is 2.61. The molecule has 0 aromatic heterocycles. The predicted molar refractivity (Wildman–Crippen MR) is 128 cm³/mol. The van der Waals surface area contributed by atoms with Crippen LogP contribution in [0.1, 0.15) is 98.3 Å². The lowest BCUT2D eigenvalue weighted by Crippen LogP contribution is -2.53. The summed E-state index contributed by atoms with van der Waals surface area (Å²) in [6.45, 7) is 9.73. The SMILES string of the molecule is CC#CC(C)(O)[C@H]1CC[C@H]2[C@@H]3CC=C4C[C@@H](OC5CCCCO5)CC[C@]4(C)[C@H]3CC[C@]12C. The van der Waals surface area contributed by atoms with Crippen molar-refractivity contribution in [1.82, 2.24) is 0 Å². The molecule has 5 aliphatic rings. The Morgan fingerprint density at radius 2 is 1.94 bits per heavy atom. The Kier molecular flexibility index (Phi) is 6.05. The average molecular weight is 441 g/mol. The number of hydrogen-bond donors (Lipinski definition) is 1. The molecule has 9 atom stereocenters. The summed E-state index contributed by atoms with van der Waals surface area (Å²) >= 11 is 0. The van der Waals surface area contributed by atoms with E-state index in [2.05, 4.69) is 31.8 Å². The van der Waals surface area contributed by atoms with Crippen LogP contribution < -0.4 is 0 Å². The molecule has 4 aliphatic carbocycles. The van der Waals surface area contributed by atoms with E-state index in [0.717, 1.165) is 43.6 Å². The summed E-state index contributed by atoms with van der Waals surface area (Å²) in [6.07, 6.45) is 16.1. The number of ether oxygens (including phenoxy) is 2. The zero-order valence-electron chi connectivity index (χ0n) is 20.8. The minimum Gasteiger partial charge on any atom is -0.378 e. The topological polar surface area (TPSA) is 38.7 Å². The van der Waals surface area contributed by atoms with Gasteiger partial charge in [-0.05, 0) is 113 Å². The third-order valence-electron chi connectivity index (χ3n) is 10.6. The second-order valence-corrected chi connectivity index (χ2v) is 12.3. The highest BCUT2D eigenvalue weighted by molar-refractivity contribution is 5.26. The smallest absolute Gasteiger partial charge is 0.157 e. The maximum atomic E-state index is 11.2. The quantitative estimate of drug-likeness (QED) is 0.416. The van der Waals surface area contributed by atoms with E-state index in [1.165, 1.54) is 51.4 Å². The van der Waals surface area contributed by atoms with Crippen molar-refractivity contribution in [1.29, 1.82) is 0 Å². The van der Waals surface area contributed by atoms with Gasteiger partial charge in [-0.1, -0.05) is 31.4 Å². The summed E-state index contributed by atoms with van der Waals surface area (Å²) < 4.78 is 12.3. The van der Waals surface area contributed by atoms with E-state index in [1.54, 1.807) is 5.57 Å². The molecule has 32 heavy (non-hydrogen) atoms. The van der Waals surface area contributed by atoms with Crippen LogP contribution in [0.5, 0.6) is 0 Å². The number of aliphatic hydroxyl groups is 1. The van der Waals surface area contributed by atoms with Crippen LogP contribution in [0.3, 0.4) is 0 Å². The monoisotopic (exact) mass is 440 g/mol. The van der Waals surface area contributed by atoms with Gasteiger partial charge in [-0.2, -0.15) is 0 Å². The molecule has 3 heteroatoms. The van der Waals surface area contributed by atoms with Crippen LogP contribution in [0, 0.1) is 46.3 Å². The Morgan fingerprint density at radius 3 is 2.69 bits per heavy atom. The third-order valence-corrected chi connectivity index (χ3v) is 10.6. The normalized spacial score (nSPS) is 47.7. The fourth-order valence-electron chi connectivity index (χ4n) is 9.04. The van der Waals surface area contributed by atoms with Crippen molar-refractivity contribution in [2.75, 3.05) is 6.61 Å². The third kappa shape index (κ3) is 3.70. The Balaban J connectivity index is 1.32. The zero-order chi connectivity index (χ0) is 22.6. The average Bonchev–Trinajstić information content (AvgIpc) is 3.13. The van der Waals surface area contributed by atoms with E-state index in [0.29, 0.717) is 17.4 Å². The van der Waals surface area contributed by atoms with Gasteiger partial charge in [-0.3, -0.25) is 0 Å². The molecule has 0 aromatic rings. The van der Waals surface area contributed by atoms with E-state index >= 15 is 0 Å². The van der Waals surface area contributed by atoms with Crippen molar-refractivity contribution in [2.24, 2.45) is 34.5 Å². The number of hydrogen-bond acceptors (Lipinski definition) is 3. The summed E-state index contributed by atoms with van der Waals surface area (Å²) in [5, 5.41) is 11.2. The first-order valence-electron chi connectivity index (χ1n) is 13.4. The molecule has 0 bridgehead atoms. The van der Waals surface area contributed by atoms with Gasteiger partial charge in [-0.15, -0.1) is 5.92 Å². The minimum absolute atomic E-state index is 0.0277. The first-order valence-corrected chi connectivity index (χ1v) is 13.4. The van der Waals surface area contributed by atoms with Gasteiger partial charge in [0.1, 0.15) is 5.60 Å². The predicted octanol–water partition coefficient (Wildman–Crippen LogP) is 6.25. The molecular formula is C29H44O3. The Bertz CT molecular complexity index is 797. The van der Waals surface area contributed by atoms with Crippen molar-refractivity contribution >= 4 is 0 Å². The van der Waals surface area contributed by atoms with Crippen LogP contribution in [-0.4, -0.2) is 29.7 Å².